The zero-order valence-electron chi connectivity index (χ0n) is 15.4. The molecule has 0 bridgehead atoms. The second-order valence-electron chi connectivity index (χ2n) is 5.89. The lowest BCUT2D eigenvalue weighted by molar-refractivity contribution is 0.415. The largest absolute Gasteiger partial charge is 0.497 e. The molecule has 0 fully saturated rings. The average Bonchev–Trinajstić information content (AvgIpc) is 2.74. The van der Waals surface area contributed by atoms with Gasteiger partial charge in [0, 0.05) is 16.8 Å². The fourth-order valence-corrected chi connectivity index (χ4v) is 2.55. The summed E-state index contributed by atoms with van der Waals surface area (Å²) in [5.74, 6) is 13.8. The summed E-state index contributed by atoms with van der Waals surface area (Å²) in [5, 5.41) is 0. The summed E-state index contributed by atoms with van der Waals surface area (Å²) < 4.78 is 5.25. The van der Waals surface area contributed by atoms with E-state index in [1.54, 1.807) is 7.11 Å². The molecular weight excluding hydrogens is 330 g/mol. The van der Waals surface area contributed by atoms with Crippen molar-refractivity contribution in [1.82, 2.24) is 0 Å². The Morgan fingerprint density at radius 2 is 1.15 bits per heavy atom. The Labute approximate surface area is 161 Å². The highest BCUT2D eigenvalue weighted by molar-refractivity contribution is 5.52. The molecule has 0 saturated heterocycles. The molecule has 2 heteroatoms. The maximum absolute atomic E-state index is 5.25. The minimum Gasteiger partial charge on any atom is -0.497 e. The first-order chi connectivity index (χ1) is 13.3. The van der Waals surface area contributed by atoms with E-state index in [0.29, 0.717) is 13.1 Å². The molecule has 0 N–H and O–H groups in total. The van der Waals surface area contributed by atoms with Crippen molar-refractivity contribution in [3.05, 3.63) is 96.1 Å². The number of ether oxygens (including phenoxy) is 1. The van der Waals surface area contributed by atoms with Gasteiger partial charge in [-0.05, 0) is 48.5 Å². The summed E-state index contributed by atoms with van der Waals surface area (Å²) in [6.45, 7) is 1.20. The van der Waals surface area contributed by atoms with Gasteiger partial charge in [0.25, 0.3) is 0 Å². The monoisotopic (exact) mass is 351 g/mol. The third-order valence-corrected chi connectivity index (χ3v) is 3.99. The molecule has 0 atom stereocenters. The van der Waals surface area contributed by atoms with E-state index in [2.05, 4.69) is 28.6 Å². The van der Waals surface area contributed by atoms with Gasteiger partial charge in [-0.25, -0.2) is 0 Å². The van der Waals surface area contributed by atoms with E-state index >= 15 is 0 Å². The Morgan fingerprint density at radius 1 is 0.667 bits per heavy atom. The second-order valence-corrected chi connectivity index (χ2v) is 5.89. The van der Waals surface area contributed by atoms with Crippen LogP contribution >= 0.6 is 0 Å². The Hall–Kier alpha value is -3.62. The second kappa shape index (κ2) is 9.76. The van der Waals surface area contributed by atoms with Crippen LogP contribution < -0.4 is 9.64 Å². The van der Waals surface area contributed by atoms with E-state index in [-0.39, 0.29) is 0 Å². The summed E-state index contributed by atoms with van der Waals surface area (Å²) in [6.07, 6.45) is 0. The summed E-state index contributed by atoms with van der Waals surface area (Å²) >= 11 is 0. The summed E-state index contributed by atoms with van der Waals surface area (Å²) in [4.78, 5) is 2.16. The van der Waals surface area contributed by atoms with E-state index in [1.165, 1.54) is 0 Å². The first-order valence-electron chi connectivity index (χ1n) is 8.82. The van der Waals surface area contributed by atoms with Crippen molar-refractivity contribution in [2.24, 2.45) is 0 Å². The molecule has 0 spiro atoms. The van der Waals surface area contributed by atoms with Gasteiger partial charge in [-0.15, -0.1) is 0 Å². The molecule has 0 aliphatic heterocycles. The van der Waals surface area contributed by atoms with Crippen molar-refractivity contribution in [1.29, 1.82) is 0 Å². The smallest absolute Gasteiger partial charge is 0.119 e. The summed E-state index contributed by atoms with van der Waals surface area (Å²) in [5.41, 5.74) is 3.10. The van der Waals surface area contributed by atoms with Gasteiger partial charge in [0.2, 0.25) is 0 Å². The Balaban J connectivity index is 1.75. The highest BCUT2D eigenvalue weighted by Gasteiger charge is 2.03. The van der Waals surface area contributed by atoms with Crippen LogP contribution in [0.4, 0.5) is 5.69 Å². The third kappa shape index (κ3) is 5.70. The molecule has 0 heterocycles. The quantitative estimate of drug-likeness (QED) is 0.637. The van der Waals surface area contributed by atoms with E-state index in [0.717, 1.165) is 22.6 Å². The van der Waals surface area contributed by atoms with Gasteiger partial charge in [-0.3, -0.25) is 0 Å². The summed E-state index contributed by atoms with van der Waals surface area (Å²) in [6, 6.07) is 28.0. The topological polar surface area (TPSA) is 12.5 Å². The zero-order valence-corrected chi connectivity index (χ0v) is 15.4. The van der Waals surface area contributed by atoms with Crippen LogP contribution in [0.5, 0.6) is 5.75 Å². The van der Waals surface area contributed by atoms with Crippen molar-refractivity contribution in [2.45, 2.75) is 0 Å². The number of rotatable bonds is 4. The fourth-order valence-electron chi connectivity index (χ4n) is 2.55. The number of methoxy groups -OCH3 is 1. The van der Waals surface area contributed by atoms with E-state index in [1.807, 2.05) is 84.9 Å². The van der Waals surface area contributed by atoms with Gasteiger partial charge in [-0.1, -0.05) is 60.1 Å². The van der Waals surface area contributed by atoms with Crippen LogP contribution in [0.1, 0.15) is 11.1 Å². The van der Waals surface area contributed by atoms with Crippen LogP contribution in [-0.4, -0.2) is 20.2 Å². The lowest BCUT2D eigenvalue weighted by Gasteiger charge is -2.19. The first kappa shape index (κ1) is 18.2. The molecule has 0 unspecified atom stereocenters. The molecule has 0 aliphatic carbocycles. The normalized spacial score (nSPS) is 9.37. The van der Waals surface area contributed by atoms with Gasteiger partial charge in [0.15, 0.2) is 0 Å². The highest BCUT2D eigenvalue weighted by Crippen LogP contribution is 2.18. The van der Waals surface area contributed by atoms with E-state index in [9.17, 15) is 0 Å². The Kier molecular flexibility index (Phi) is 6.57. The zero-order chi connectivity index (χ0) is 18.7. The van der Waals surface area contributed by atoms with E-state index in [4.69, 9.17) is 4.74 Å². The van der Waals surface area contributed by atoms with Crippen molar-refractivity contribution in [3.8, 4) is 29.4 Å². The van der Waals surface area contributed by atoms with Crippen LogP contribution in [0, 0.1) is 23.7 Å². The van der Waals surface area contributed by atoms with Gasteiger partial charge in [-0.2, -0.15) is 0 Å². The molecule has 0 aromatic heterocycles. The van der Waals surface area contributed by atoms with Crippen LogP contribution in [0.25, 0.3) is 0 Å². The number of hydrogen-bond donors (Lipinski definition) is 0. The highest BCUT2D eigenvalue weighted by atomic mass is 16.5. The SMILES string of the molecule is COc1ccc(N(CC#Cc2ccccc2)CC#Cc2ccccc2)cc1. The van der Waals surface area contributed by atoms with Crippen molar-refractivity contribution < 1.29 is 4.74 Å². The molecule has 0 amide bonds. The molecular formula is C25H21NO. The van der Waals surface area contributed by atoms with Crippen LogP contribution in [0.3, 0.4) is 0 Å². The van der Waals surface area contributed by atoms with Crippen molar-refractivity contribution in [3.63, 3.8) is 0 Å². The maximum atomic E-state index is 5.25. The Morgan fingerprint density at radius 3 is 1.59 bits per heavy atom. The lowest BCUT2D eigenvalue weighted by atomic mass is 10.2. The minimum absolute atomic E-state index is 0.602. The number of hydrogen-bond acceptors (Lipinski definition) is 2. The number of benzene rings is 3. The van der Waals surface area contributed by atoms with Crippen molar-refractivity contribution in [2.75, 3.05) is 25.1 Å². The molecule has 0 radical (unpaired) electrons. The predicted octanol–water partition coefficient (Wildman–Crippen LogP) is 4.61. The van der Waals surface area contributed by atoms with Gasteiger partial charge < -0.3 is 9.64 Å². The van der Waals surface area contributed by atoms with Crippen LogP contribution in [0.15, 0.2) is 84.9 Å². The molecule has 132 valence electrons. The predicted molar refractivity (Wildman–Crippen MR) is 112 cm³/mol. The van der Waals surface area contributed by atoms with Gasteiger partial charge >= 0.3 is 0 Å². The molecule has 0 aliphatic rings. The molecule has 27 heavy (non-hydrogen) atoms. The number of nitrogens with zero attached hydrogens (tertiary/aromatic N) is 1. The number of anilines is 1. The maximum Gasteiger partial charge on any atom is 0.119 e. The van der Waals surface area contributed by atoms with Crippen molar-refractivity contribution >= 4 is 5.69 Å². The molecule has 3 rings (SSSR count). The van der Waals surface area contributed by atoms with E-state index < -0.39 is 0 Å². The fraction of sp³-hybridized carbons (Fsp3) is 0.120. The molecule has 0 saturated carbocycles. The first-order valence-corrected chi connectivity index (χ1v) is 8.82. The molecule has 3 aromatic carbocycles. The van der Waals surface area contributed by atoms with Crippen LogP contribution in [-0.2, 0) is 0 Å². The lowest BCUT2D eigenvalue weighted by Crippen LogP contribution is -2.23. The average molecular weight is 351 g/mol. The van der Waals surface area contributed by atoms with Gasteiger partial charge in [0.1, 0.15) is 5.75 Å². The standard InChI is InChI=1S/C25H21NO/c1-27-25-18-16-24(17-19-25)26(20-8-14-22-10-4-2-5-11-22)21-9-15-23-12-6-3-7-13-23/h2-7,10-13,16-19H,20-21H2,1H3. The molecule has 3 aromatic rings. The Bertz CT molecular complexity index is 896. The van der Waals surface area contributed by atoms with Gasteiger partial charge in [0.05, 0.1) is 20.2 Å². The molecule has 2 nitrogen and oxygen atoms in total. The minimum atomic E-state index is 0.602. The third-order valence-electron chi connectivity index (χ3n) is 3.99. The summed E-state index contributed by atoms with van der Waals surface area (Å²) in [7, 11) is 1.67. The van der Waals surface area contributed by atoms with Crippen LogP contribution in [0.2, 0.25) is 0 Å².